The van der Waals surface area contributed by atoms with E-state index in [-0.39, 0.29) is 0 Å². The predicted molar refractivity (Wildman–Crippen MR) is 73.0 cm³/mol. The van der Waals surface area contributed by atoms with E-state index in [0.717, 1.165) is 21.6 Å². The largest absolute Gasteiger partial charge is 0.494 e. The van der Waals surface area contributed by atoms with Gasteiger partial charge in [-0.25, -0.2) is 4.98 Å². The number of ether oxygens (including phenoxy) is 1. The molecule has 0 saturated carbocycles. The lowest BCUT2D eigenvalue weighted by Crippen LogP contribution is -1.87. The third kappa shape index (κ3) is 1.55. The first-order chi connectivity index (χ1) is 8.70. The summed E-state index contributed by atoms with van der Waals surface area (Å²) in [7, 11) is 1.62. The SMILES string of the molecule is COc1cccc2oc(-c3scc(C)c3N)nc12. The van der Waals surface area contributed by atoms with E-state index < -0.39 is 0 Å². The Morgan fingerprint density at radius 3 is 2.89 bits per heavy atom. The molecule has 0 aliphatic carbocycles. The van der Waals surface area contributed by atoms with Crippen molar-refractivity contribution in [3.8, 4) is 16.5 Å². The minimum absolute atomic E-state index is 0.546. The summed E-state index contributed by atoms with van der Waals surface area (Å²) in [4.78, 5) is 5.33. The number of methoxy groups -OCH3 is 1. The fourth-order valence-electron chi connectivity index (χ4n) is 1.80. The van der Waals surface area contributed by atoms with Gasteiger partial charge in [0.1, 0.15) is 10.6 Å². The number of para-hydroxylation sites is 1. The molecule has 0 amide bonds. The van der Waals surface area contributed by atoms with Crippen molar-refractivity contribution in [1.29, 1.82) is 0 Å². The Balaban J connectivity index is 2.22. The average Bonchev–Trinajstić information content (AvgIpc) is 2.94. The first-order valence-corrected chi connectivity index (χ1v) is 6.36. The second kappa shape index (κ2) is 4.03. The molecule has 0 spiro atoms. The smallest absolute Gasteiger partial charge is 0.239 e. The van der Waals surface area contributed by atoms with Crippen molar-refractivity contribution in [3.05, 3.63) is 29.1 Å². The molecular weight excluding hydrogens is 248 g/mol. The van der Waals surface area contributed by atoms with Crippen LogP contribution in [0.2, 0.25) is 0 Å². The number of oxazole rings is 1. The van der Waals surface area contributed by atoms with Crippen LogP contribution in [0.5, 0.6) is 5.75 Å². The van der Waals surface area contributed by atoms with Gasteiger partial charge >= 0.3 is 0 Å². The standard InChI is InChI=1S/C13H12N2O2S/c1-7-6-18-12(10(7)14)13-15-11-8(16-2)4-3-5-9(11)17-13/h3-6H,14H2,1-2H3. The van der Waals surface area contributed by atoms with Gasteiger partial charge in [0.15, 0.2) is 11.1 Å². The van der Waals surface area contributed by atoms with Gasteiger partial charge in [-0.2, -0.15) is 0 Å². The summed E-state index contributed by atoms with van der Waals surface area (Å²) in [6.07, 6.45) is 0. The molecule has 1 aromatic carbocycles. The number of rotatable bonds is 2. The molecule has 0 saturated heterocycles. The van der Waals surface area contributed by atoms with Crippen LogP contribution in [0.25, 0.3) is 21.9 Å². The average molecular weight is 260 g/mol. The van der Waals surface area contributed by atoms with E-state index in [1.807, 2.05) is 30.5 Å². The van der Waals surface area contributed by atoms with Gasteiger partial charge < -0.3 is 14.9 Å². The molecule has 4 nitrogen and oxygen atoms in total. The van der Waals surface area contributed by atoms with Crippen molar-refractivity contribution in [2.45, 2.75) is 6.92 Å². The molecule has 3 aromatic rings. The van der Waals surface area contributed by atoms with E-state index >= 15 is 0 Å². The first kappa shape index (κ1) is 11.1. The van der Waals surface area contributed by atoms with E-state index in [1.165, 1.54) is 11.3 Å². The molecule has 0 aliphatic rings. The molecule has 0 radical (unpaired) electrons. The highest BCUT2D eigenvalue weighted by atomic mass is 32.1. The summed E-state index contributed by atoms with van der Waals surface area (Å²) in [6.45, 7) is 1.97. The lowest BCUT2D eigenvalue weighted by atomic mass is 10.3. The molecule has 92 valence electrons. The summed E-state index contributed by atoms with van der Waals surface area (Å²) in [5.41, 5.74) is 9.21. The number of fused-ring (bicyclic) bond motifs is 1. The van der Waals surface area contributed by atoms with Gasteiger partial charge in [0.25, 0.3) is 0 Å². The summed E-state index contributed by atoms with van der Waals surface area (Å²) >= 11 is 1.54. The Hall–Kier alpha value is -2.01. The van der Waals surface area contributed by atoms with E-state index in [2.05, 4.69) is 4.98 Å². The van der Waals surface area contributed by atoms with Crippen LogP contribution in [0.4, 0.5) is 5.69 Å². The molecule has 0 fully saturated rings. The molecule has 18 heavy (non-hydrogen) atoms. The van der Waals surface area contributed by atoms with Crippen molar-refractivity contribution in [2.75, 3.05) is 12.8 Å². The minimum atomic E-state index is 0.546. The molecule has 0 aliphatic heterocycles. The highest BCUT2D eigenvalue weighted by molar-refractivity contribution is 7.14. The van der Waals surface area contributed by atoms with Crippen LogP contribution in [0.3, 0.4) is 0 Å². The number of nitrogen functional groups attached to an aromatic ring is 1. The zero-order valence-corrected chi connectivity index (χ0v) is 10.9. The minimum Gasteiger partial charge on any atom is -0.494 e. The van der Waals surface area contributed by atoms with E-state index in [4.69, 9.17) is 14.9 Å². The number of anilines is 1. The van der Waals surface area contributed by atoms with Crippen LogP contribution in [-0.2, 0) is 0 Å². The highest BCUT2D eigenvalue weighted by Gasteiger charge is 2.16. The Morgan fingerprint density at radius 2 is 2.22 bits per heavy atom. The molecule has 2 aromatic heterocycles. The topological polar surface area (TPSA) is 61.3 Å². The maximum absolute atomic E-state index is 6.01. The third-order valence-electron chi connectivity index (χ3n) is 2.82. The molecule has 2 N–H and O–H groups in total. The van der Waals surface area contributed by atoms with Crippen LogP contribution in [0.1, 0.15) is 5.56 Å². The Labute approximate surface area is 108 Å². The van der Waals surface area contributed by atoms with Gasteiger partial charge in [-0.05, 0) is 30.0 Å². The summed E-state index contributed by atoms with van der Waals surface area (Å²) in [6, 6.07) is 5.60. The first-order valence-electron chi connectivity index (χ1n) is 5.48. The monoisotopic (exact) mass is 260 g/mol. The van der Waals surface area contributed by atoms with E-state index in [9.17, 15) is 0 Å². The van der Waals surface area contributed by atoms with Crippen LogP contribution < -0.4 is 10.5 Å². The number of benzene rings is 1. The molecular formula is C13H12N2O2S. The highest BCUT2D eigenvalue weighted by Crippen LogP contribution is 2.37. The number of hydrogen-bond donors (Lipinski definition) is 1. The number of aryl methyl sites for hydroxylation is 1. The summed E-state index contributed by atoms with van der Waals surface area (Å²) in [5.74, 6) is 1.25. The van der Waals surface area contributed by atoms with Crippen molar-refractivity contribution in [1.82, 2.24) is 4.98 Å². The van der Waals surface area contributed by atoms with Crippen molar-refractivity contribution >= 4 is 28.1 Å². The zero-order chi connectivity index (χ0) is 12.7. The number of aromatic nitrogens is 1. The fourth-order valence-corrected chi connectivity index (χ4v) is 2.70. The van der Waals surface area contributed by atoms with Crippen molar-refractivity contribution in [3.63, 3.8) is 0 Å². The van der Waals surface area contributed by atoms with Crippen LogP contribution in [-0.4, -0.2) is 12.1 Å². The number of hydrogen-bond acceptors (Lipinski definition) is 5. The Bertz CT molecular complexity index is 715. The van der Waals surface area contributed by atoms with Gasteiger partial charge in [0, 0.05) is 0 Å². The van der Waals surface area contributed by atoms with E-state index in [1.54, 1.807) is 7.11 Å². The van der Waals surface area contributed by atoms with Crippen LogP contribution in [0, 0.1) is 6.92 Å². The molecule has 5 heteroatoms. The summed E-state index contributed by atoms with van der Waals surface area (Å²) in [5, 5.41) is 2.00. The van der Waals surface area contributed by atoms with Gasteiger partial charge in [-0.3, -0.25) is 0 Å². The number of nitrogens with two attached hydrogens (primary N) is 1. The normalized spacial score (nSPS) is 11.0. The Kier molecular flexibility index (Phi) is 2.48. The number of nitrogens with zero attached hydrogens (tertiary/aromatic N) is 1. The third-order valence-corrected chi connectivity index (χ3v) is 3.92. The molecule has 0 bridgehead atoms. The van der Waals surface area contributed by atoms with Crippen LogP contribution in [0.15, 0.2) is 28.0 Å². The lowest BCUT2D eigenvalue weighted by Gasteiger charge is -1.96. The van der Waals surface area contributed by atoms with Gasteiger partial charge in [0.05, 0.1) is 12.8 Å². The summed E-state index contributed by atoms with van der Waals surface area (Å²) < 4.78 is 11.0. The van der Waals surface area contributed by atoms with Gasteiger partial charge in [-0.1, -0.05) is 6.07 Å². The maximum atomic E-state index is 6.01. The second-order valence-corrected chi connectivity index (χ2v) is 4.87. The number of thiophene rings is 1. The fraction of sp³-hybridized carbons (Fsp3) is 0.154. The molecule has 3 rings (SSSR count). The van der Waals surface area contributed by atoms with Gasteiger partial charge in [-0.15, -0.1) is 11.3 Å². The lowest BCUT2D eigenvalue weighted by molar-refractivity contribution is 0.419. The maximum Gasteiger partial charge on any atom is 0.239 e. The van der Waals surface area contributed by atoms with E-state index in [0.29, 0.717) is 17.2 Å². The van der Waals surface area contributed by atoms with Crippen molar-refractivity contribution < 1.29 is 9.15 Å². The molecule has 0 atom stereocenters. The molecule has 2 heterocycles. The van der Waals surface area contributed by atoms with Crippen LogP contribution >= 0.6 is 11.3 Å². The molecule has 0 unspecified atom stereocenters. The quantitative estimate of drug-likeness (QED) is 0.766. The Morgan fingerprint density at radius 1 is 1.39 bits per heavy atom. The van der Waals surface area contributed by atoms with Gasteiger partial charge in [0.2, 0.25) is 5.89 Å². The zero-order valence-electron chi connectivity index (χ0n) is 10.1. The predicted octanol–water partition coefficient (Wildman–Crippen LogP) is 3.46. The second-order valence-electron chi connectivity index (χ2n) is 3.99. The van der Waals surface area contributed by atoms with Crippen molar-refractivity contribution in [2.24, 2.45) is 0 Å².